The molecule has 0 spiro atoms. The number of H-pyrrole nitrogens is 1. The van der Waals surface area contributed by atoms with Gasteiger partial charge in [0.1, 0.15) is 5.82 Å². The van der Waals surface area contributed by atoms with Crippen molar-refractivity contribution in [1.82, 2.24) is 15.3 Å². The molecule has 1 aromatic heterocycles. The standard InChI is InChI=1S/C11H10N4O4/c16-11(17)13-6-10-12-5-9(14-10)7-2-1-3-8(4-7)15(18)19/h1-5,13H,6H2,(H,12,14)(H,16,17). The molecule has 0 aliphatic carbocycles. The third-order valence-corrected chi connectivity index (χ3v) is 2.40. The van der Waals surface area contributed by atoms with Gasteiger partial charge in [0, 0.05) is 17.7 Å². The van der Waals surface area contributed by atoms with E-state index in [1.165, 1.54) is 18.3 Å². The summed E-state index contributed by atoms with van der Waals surface area (Å²) in [4.78, 5) is 27.4. The molecular formula is C11H10N4O4. The van der Waals surface area contributed by atoms with Crippen molar-refractivity contribution in [2.24, 2.45) is 0 Å². The molecule has 8 heteroatoms. The molecule has 0 atom stereocenters. The monoisotopic (exact) mass is 262 g/mol. The van der Waals surface area contributed by atoms with Gasteiger partial charge in [-0.2, -0.15) is 0 Å². The highest BCUT2D eigenvalue weighted by Gasteiger charge is 2.09. The van der Waals surface area contributed by atoms with Gasteiger partial charge < -0.3 is 15.4 Å². The summed E-state index contributed by atoms with van der Waals surface area (Å²) in [7, 11) is 0. The molecule has 0 radical (unpaired) electrons. The van der Waals surface area contributed by atoms with Gasteiger partial charge in [-0.15, -0.1) is 0 Å². The molecule has 3 N–H and O–H groups in total. The van der Waals surface area contributed by atoms with Crippen LogP contribution in [0.15, 0.2) is 30.5 Å². The lowest BCUT2D eigenvalue weighted by Crippen LogP contribution is -2.20. The van der Waals surface area contributed by atoms with E-state index in [0.29, 0.717) is 17.1 Å². The van der Waals surface area contributed by atoms with Crippen molar-refractivity contribution in [1.29, 1.82) is 0 Å². The van der Waals surface area contributed by atoms with E-state index >= 15 is 0 Å². The molecule has 0 bridgehead atoms. The van der Waals surface area contributed by atoms with E-state index in [2.05, 4.69) is 15.3 Å². The molecule has 0 aliphatic heterocycles. The lowest BCUT2D eigenvalue weighted by molar-refractivity contribution is -0.384. The summed E-state index contributed by atoms with van der Waals surface area (Å²) in [6, 6.07) is 6.09. The number of hydrogen-bond acceptors (Lipinski definition) is 4. The Hall–Kier alpha value is -2.90. The molecule has 0 fully saturated rings. The molecule has 0 unspecified atom stereocenters. The lowest BCUT2D eigenvalue weighted by Gasteiger charge is -1.98. The molecule has 1 heterocycles. The predicted octanol–water partition coefficient (Wildman–Crippen LogP) is 1.75. The minimum atomic E-state index is -1.15. The summed E-state index contributed by atoms with van der Waals surface area (Å²) >= 11 is 0. The van der Waals surface area contributed by atoms with Gasteiger partial charge in [-0.25, -0.2) is 9.78 Å². The summed E-state index contributed by atoms with van der Waals surface area (Å²) in [5.41, 5.74) is 1.19. The number of nitro benzene ring substituents is 1. The number of hydrogen-bond donors (Lipinski definition) is 3. The van der Waals surface area contributed by atoms with E-state index in [4.69, 9.17) is 5.11 Å². The SMILES string of the molecule is O=C(O)NCc1ncc(-c2cccc([N+](=O)[O-])c2)[nH]1. The third-order valence-electron chi connectivity index (χ3n) is 2.40. The highest BCUT2D eigenvalue weighted by Crippen LogP contribution is 2.22. The van der Waals surface area contributed by atoms with Crippen molar-refractivity contribution in [3.8, 4) is 11.3 Å². The van der Waals surface area contributed by atoms with Gasteiger partial charge in [-0.3, -0.25) is 10.1 Å². The maximum Gasteiger partial charge on any atom is 0.405 e. The second-order valence-electron chi connectivity index (χ2n) is 3.71. The first kappa shape index (κ1) is 12.6. The van der Waals surface area contributed by atoms with Crippen LogP contribution in [0, 0.1) is 10.1 Å². The Morgan fingerprint density at radius 3 is 3.00 bits per heavy atom. The van der Waals surface area contributed by atoms with E-state index in [1.54, 1.807) is 12.1 Å². The van der Waals surface area contributed by atoms with Crippen LogP contribution in [0.4, 0.5) is 10.5 Å². The quantitative estimate of drug-likeness (QED) is 0.572. The summed E-state index contributed by atoms with van der Waals surface area (Å²) in [6.45, 7) is 0.0459. The van der Waals surface area contributed by atoms with E-state index in [-0.39, 0.29) is 12.2 Å². The van der Waals surface area contributed by atoms with Gasteiger partial charge in [0.05, 0.1) is 23.4 Å². The Morgan fingerprint density at radius 1 is 1.53 bits per heavy atom. The second kappa shape index (κ2) is 5.17. The average molecular weight is 262 g/mol. The molecule has 98 valence electrons. The first-order chi connectivity index (χ1) is 9.06. The van der Waals surface area contributed by atoms with Crippen molar-refractivity contribution in [3.63, 3.8) is 0 Å². The summed E-state index contributed by atoms with van der Waals surface area (Å²) < 4.78 is 0. The predicted molar refractivity (Wildman–Crippen MR) is 65.5 cm³/mol. The number of nitro groups is 1. The summed E-state index contributed by atoms with van der Waals surface area (Å²) in [6.07, 6.45) is 0.353. The molecule has 2 rings (SSSR count). The topological polar surface area (TPSA) is 121 Å². The van der Waals surface area contributed by atoms with Crippen molar-refractivity contribution in [2.75, 3.05) is 0 Å². The fourth-order valence-electron chi connectivity index (χ4n) is 1.55. The highest BCUT2D eigenvalue weighted by atomic mass is 16.6. The van der Waals surface area contributed by atoms with Crippen LogP contribution >= 0.6 is 0 Å². The van der Waals surface area contributed by atoms with Gasteiger partial charge >= 0.3 is 6.09 Å². The van der Waals surface area contributed by atoms with Gasteiger partial charge in [0.15, 0.2) is 0 Å². The van der Waals surface area contributed by atoms with Crippen LogP contribution in [0.2, 0.25) is 0 Å². The van der Waals surface area contributed by atoms with E-state index in [9.17, 15) is 14.9 Å². The Balaban J connectivity index is 2.20. The van der Waals surface area contributed by atoms with Crippen LogP contribution in [0.3, 0.4) is 0 Å². The summed E-state index contributed by atoms with van der Waals surface area (Å²) in [5, 5.41) is 21.3. The maximum atomic E-state index is 10.7. The molecular weight excluding hydrogens is 252 g/mol. The zero-order valence-corrected chi connectivity index (χ0v) is 9.66. The fourth-order valence-corrected chi connectivity index (χ4v) is 1.55. The van der Waals surface area contributed by atoms with Crippen LogP contribution in [0.5, 0.6) is 0 Å². The van der Waals surface area contributed by atoms with Gasteiger partial charge in [0.2, 0.25) is 0 Å². The largest absolute Gasteiger partial charge is 0.465 e. The lowest BCUT2D eigenvalue weighted by atomic mass is 10.1. The molecule has 8 nitrogen and oxygen atoms in total. The Bertz CT molecular complexity index is 623. The number of carbonyl (C=O) groups is 1. The molecule has 0 saturated carbocycles. The van der Waals surface area contributed by atoms with Gasteiger partial charge in [-0.1, -0.05) is 12.1 Å². The smallest absolute Gasteiger partial charge is 0.405 e. The van der Waals surface area contributed by atoms with E-state index < -0.39 is 11.0 Å². The number of nitrogens with one attached hydrogen (secondary N) is 2. The van der Waals surface area contributed by atoms with Crippen LogP contribution in [-0.2, 0) is 6.54 Å². The molecule has 19 heavy (non-hydrogen) atoms. The number of rotatable bonds is 4. The Morgan fingerprint density at radius 2 is 2.32 bits per heavy atom. The second-order valence-corrected chi connectivity index (χ2v) is 3.71. The third kappa shape index (κ3) is 3.06. The highest BCUT2D eigenvalue weighted by molar-refractivity contribution is 5.64. The number of nitrogens with zero attached hydrogens (tertiary/aromatic N) is 2. The number of amides is 1. The van der Waals surface area contributed by atoms with Gasteiger partial charge in [-0.05, 0) is 0 Å². The minimum Gasteiger partial charge on any atom is -0.465 e. The van der Waals surface area contributed by atoms with Crippen LogP contribution in [0.25, 0.3) is 11.3 Å². The Labute approximate surface area is 107 Å². The fraction of sp³-hybridized carbons (Fsp3) is 0.0909. The number of carboxylic acid groups (broad SMARTS) is 1. The first-order valence-corrected chi connectivity index (χ1v) is 5.32. The van der Waals surface area contributed by atoms with Gasteiger partial charge in [0.25, 0.3) is 5.69 Å². The zero-order chi connectivity index (χ0) is 13.8. The number of aromatic amines is 1. The van der Waals surface area contributed by atoms with Crippen molar-refractivity contribution in [3.05, 3.63) is 46.4 Å². The molecule has 1 amide bonds. The zero-order valence-electron chi connectivity index (χ0n) is 9.66. The molecule has 1 aromatic carbocycles. The number of non-ortho nitro benzene ring substituents is 1. The van der Waals surface area contributed by atoms with Crippen molar-refractivity contribution in [2.45, 2.75) is 6.54 Å². The van der Waals surface area contributed by atoms with Crippen molar-refractivity contribution >= 4 is 11.8 Å². The Kier molecular flexibility index (Phi) is 3.42. The van der Waals surface area contributed by atoms with Crippen LogP contribution in [-0.4, -0.2) is 26.1 Å². The van der Waals surface area contributed by atoms with E-state index in [0.717, 1.165) is 0 Å². The molecule has 0 saturated heterocycles. The number of aromatic nitrogens is 2. The first-order valence-electron chi connectivity index (χ1n) is 5.32. The number of imidazole rings is 1. The molecule has 0 aliphatic rings. The van der Waals surface area contributed by atoms with E-state index in [1.807, 2.05) is 0 Å². The average Bonchev–Trinajstić information content (AvgIpc) is 2.85. The maximum absolute atomic E-state index is 10.7. The van der Waals surface area contributed by atoms with Crippen molar-refractivity contribution < 1.29 is 14.8 Å². The molecule has 2 aromatic rings. The minimum absolute atomic E-state index is 0.0164. The summed E-state index contributed by atoms with van der Waals surface area (Å²) in [5.74, 6) is 0.434. The van der Waals surface area contributed by atoms with Crippen LogP contribution in [0.1, 0.15) is 5.82 Å². The normalized spacial score (nSPS) is 10.1. The number of benzene rings is 1. The van der Waals surface area contributed by atoms with Crippen LogP contribution < -0.4 is 5.32 Å².